The Labute approximate surface area is 90.7 Å². The Morgan fingerprint density at radius 1 is 1.29 bits per heavy atom. The third kappa shape index (κ3) is 2.73. The number of hydrogen-bond acceptors (Lipinski definition) is 1. The lowest BCUT2D eigenvalue weighted by Gasteiger charge is -2.10. The van der Waals surface area contributed by atoms with Gasteiger partial charge in [-0.3, -0.25) is 0 Å². The average molecular weight is 213 g/mol. The lowest BCUT2D eigenvalue weighted by Crippen LogP contribution is -2.08. The highest BCUT2D eigenvalue weighted by Gasteiger charge is 2.06. The SMILES string of the molecule is CC[C@H](O)Cc1cc(C)c(Cl)c(C)c1. The van der Waals surface area contributed by atoms with Gasteiger partial charge >= 0.3 is 0 Å². The van der Waals surface area contributed by atoms with Crippen LogP contribution in [-0.2, 0) is 6.42 Å². The fourth-order valence-corrected chi connectivity index (χ4v) is 1.68. The molecule has 0 saturated heterocycles. The molecule has 78 valence electrons. The molecule has 0 radical (unpaired) electrons. The van der Waals surface area contributed by atoms with Crippen molar-refractivity contribution in [2.45, 2.75) is 39.7 Å². The monoisotopic (exact) mass is 212 g/mol. The van der Waals surface area contributed by atoms with Crippen molar-refractivity contribution in [2.24, 2.45) is 0 Å². The molecule has 0 aliphatic heterocycles. The van der Waals surface area contributed by atoms with Crippen molar-refractivity contribution in [1.29, 1.82) is 0 Å². The van der Waals surface area contributed by atoms with Gasteiger partial charge in [-0.05, 0) is 43.4 Å². The van der Waals surface area contributed by atoms with Gasteiger partial charge in [0.1, 0.15) is 0 Å². The number of aliphatic hydroxyl groups excluding tert-OH is 1. The molecule has 1 rings (SSSR count). The molecular formula is C12H17ClO. The van der Waals surface area contributed by atoms with E-state index in [1.54, 1.807) is 0 Å². The molecule has 1 nitrogen and oxygen atoms in total. The zero-order valence-electron chi connectivity index (χ0n) is 8.97. The van der Waals surface area contributed by atoms with E-state index in [9.17, 15) is 5.11 Å². The van der Waals surface area contributed by atoms with Crippen LogP contribution < -0.4 is 0 Å². The molecule has 0 fully saturated rings. The first-order chi connectivity index (χ1) is 6.54. The number of benzene rings is 1. The van der Waals surface area contributed by atoms with Gasteiger partial charge in [-0.2, -0.15) is 0 Å². The second-order valence-corrected chi connectivity index (χ2v) is 4.19. The largest absolute Gasteiger partial charge is 0.393 e. The van der Waals surface area contributed by atoms with E-state index in [-0.39, 0.29) is 6.10 Å². The van der Waals surface area contributed by atoms with Crippen LogP contribution in [-0.4, -0.2) is 11.2 Å². The highest BCUT2D eigenvalue weighted by Crippen LogP contribution is 2.22. The highest BCUT2D eigenvalue weighted by molar-refractivity contribution is 6.32. The third-order valence-electron chi connectivity index (χ3n) is 2.44. The van der Waals surface area contributed by atoms with E-state index < -0.39 is 0 Å². The van der Waals surface area contributed by atoms with Crippen molar-refractivity contribution in [1.82, 2.24) is 0 Å². The maximum absolute atomic E-state index is 9.53. The smallest absolute Gasteiger partial charge is 0.0577 e. The molecule has 0 unspecified atom stereocenters. The van der Waals surface area contributed by atoms with Gasteiger partial charge in [0.25, 0.3) is 0 Å². The van der Waals surface area contributed by atoms with Gasteiger partial charge in [0.15, 0.2) is 0 Å². The second kappa shape index (κ2) is 4.81. The van der Waals surface area contributed by atoms with Gasteiger partial charge in [0.05, 0.1) is 6.10 Å². The fraction of sp³-hybridized carbons (Fsp3) is 0.500. The summed E-state index contributed by atoms with van der Waals surface area (Å²) in [5, 5.41) is 10.4. The van der Waals surface area contributed by atoms with E-state index in [4.69, 9.17) is 11.6 Å². The standard InChI is InChI=1S/C12H17ClO/c1-4-11(14)7-10-5-8(2)12(13)9(3)6-10/h5-6,11,14H,4,7H2,1-3H3/t11-/m0/s1. The molecule has 0 amide bonds. The number of aliphatic hydroxyl groups is 1. The minimum Gasteiger partial charge on any atom is -0.393 e. The van der Waals surface area contributed by atoms with E-state index in [1.165, 1.54) is 5.56 Å². The summed E-state index contributed by atoms with van der Waals surface area (Å²) in [5.41, 5.74) is 3.34. The van der Waals surface area contributed by atoms with Crippen LogP contribution in [0.1, 0.15) is 30.0 Å². The van der Waals surface area contributed by atoms with Gasteiger partial charge in [-0.25, -0.2) is 0 Å². The van der Waals surface area contributed by atoms with Crippen LogP contribution in [0.4, 0.5) is 0 Å². The Balaban J connectivity index is 2.89. The van der Waals surface area contributed by atoms with Crippen molar-refractivity contribution < 1.29 is 5.11 Å². The topological polar surface area (TPSA) is 20.2 Å². The molecule has 0 aliphatic rings. The Morgan fingerprint density at radius 3 is 2.21 bits per heavy atom. The molecule has 1 aromatic carbocycles. The minimum absolute atomic E-state index is 0.241. The zero-order valence-corrected chi connectivity index (χ0v) is 9.73. The Kier molecular flexibility index (Phi) is 3.97. The van der Waals surface area contributed by atoms with E-state index in [2.05, 4.69) is 0 Å². The van der Waals surface area contributed by atoms with Gasteiger partial charge in [0.2, 0.25) is 0 Å². The van der Waals surface area contributed by atoms with Crippen LogP contribution >= 0.6 is 11.6 Å². The summed E-state index contributed by atoms with van der Waals surface area (Å²) in [7, 11) is 0. The van der Waals surface area contributed by atoms with Crippen molar-refractivity contribution in [3.8, 4) is 0 Å². The third-order valence-corrected chi connectivity index (χ3v) is 3.03. The van der Waals surface area contributed by atoms with E-state index in [1.807, 2.05) is 32.9 Å². The molecule has 0 spiro atoms. The number of rotatable bonds is 3. The maximum atomic E-state index is 9.53. The molecule has 1 aromatic rings. The number of hydrogen-bond donors (Lipinski definition) is 1. The maximum Gasteiger partial charge on any atom is 0.0577 e. The molecular weight excluding hydrogens is 196 g/mol. The first-order valence-corrected chi connectivity index (χ1v) is 5.36. The molecule has 0 saturated carbocycles. The highest BCUT2D eigenvalue weighted by atomic mass is 35.5. The van der Waals surface area contributed by atoms with E-state index in [0.29, 0.717) is 0 Å². The Morgan fingerprint density at radius 2 is 1.79 bits per heavy atom. The van der Waals surface area contributed by atoms with Crippen LogP contribution in [0.5, 0.6) is 0 Å². The van der Waals surface area contributed by atoms with Crippen molar-refractivity contribution in [3.05, 3.63) is 33.8 Å². The first-order valence-electron chi connectivity index (χ1n) is 4.98. The molecule has 1 atom stereocenters. The normalized spacial score (nSPS) is 12.9. The Hall–Kier alpha value is -0.530. The van der Waals surface area contributed by atoms with Crippen molar-refractivity contribution in [3.63, 3.8) is 0 Å². The molecule has 0 heterocycles. The van der Waals surface area contributed by atoms with Crippen molar-refractivity contribution in [2.75, 3.05) is 0 Å². The van der Waals surface area contributed by atoms with E-state index >= 15 is 0 Å². The summed E-state index contributed by atoms with van der Waals surface area (Å²) in [5.74, 6) is 0. The van der Waals surface area contributed by atoms with Crippen LogP contribution in [0.2, 0.25) is 5.02 Å². The van der Waals surface area contributed by atoms with Crippen LogP contribution in [0.15, 0.2) is 12.1 Å². The summed E-state index contributed by atoms with van der Waals surface area (Å²) in [6.45, 7) is 5.98. The molecule has 2 heteroatoms. The van der Waals surface area contributed by atoms with Gasteiger partial charge in [-0.1, -0.05) is 30.7 Å². The van der Waals surface area contributed by atoms with Crippen LogP contribution in [0.25, 0.3) is 0 Å². The minimum atomic E-state index is -0.241. The lowest BCUT2D eigenvalue weighted by molar-refractivity contribution is 0.171. The molecule has 0 bridgehead atoms. The molecule has 1 N–H and O–H groups in total. The average Bonchev–Trinajstić information content (AvgIpc) is 2.14. The van der Waals surface area contributed by atoms with Crippen LogP contribution in [0, 0.1) is 13.8 Å². The van der Waals surface area contributed by atoms with Gasteiger partial charge < -0.3 is 5.11 Å². The van der Waals surface area contributed by atoms with Gasteiger partial charge in [0, 0.05) is 5.02 Å². The summed E-state index contributed by atoms with van der Waals surface area (Å²) in [4.78, 5) is 0. The zero-order chi connectivity index (χ0) is 10.7. The molecule has 14 heavy (non-hydrogen) atoms. The summed E-state index contributed by atoms with van der Waals surface area (Å²) >= 11 is 6.06. The van der Waals surface area contributed by atoms with Crippen molar-refractivity contribution >= 4 is 11.6 Å². The van der Waals surface area contributed by atoms with E-state index in [0.717, 1.165) is 29.0 Å². The lowest BCUT2D eigenvalue weighted by atomic mass is 10.0. The predicted molar refractivity (Wildman–Crippen MR) is 60.9 cm³/mol. The summed E-state index contributed by atoms with van der Waals surface area (Å²) in [6.07, 6.45) is 1.27. The first kappa shape index (κ1) is 11.5. The molecule has 0 aliphatic carbocycles. The number of halogens is 1. The Bertz CT molecular complexity index is 297. The molecule has 0 aromatic heterocycles. The van der Waals surface area contributed by atoms with Gasteiger partial charge in [-0.15, -0.1) is 0 Å². The predicted octanol–water partition coefficient (Wildman–Crippen LogP) is 3.27. The quantitative estimate of drug-likeness (QED) is 0.816. The summed E-state index contributed by atoms with van der Waals surface area (Å²) < 4.78 is 0. The summed E-state index contributed by atoms with van der Waals surface area (Å²) in [6, 6.07) is 4.10. The van der Waals surface area contributed by atoms with Crippen LogP contribution in [0.3, 0.4) is 0 Å². The fourth-order valence-electron chi connectivity index (χ4n) is 1.57. The number of aryl methyl sites for hydroxylation is 2. The second-order valence-electron chi connectivity index (χ2n) is 3.81.